The maximum absolute atomic E-state index is 12.7. The summed E-state index contributed by atoms with van der Waals surface area (Å²) in [6.07, 6.45) is 5.95. The number of benzene rings is 1. The summed E-state index contributed by atoms with van der Waals surface area (Å²) in [5.74, 6) is -2.66. The van der Waals surface area contributed by atoms with Crippen molar-refractivity contribution in [2.24, 2.45) is 5.10 Å². The SMILES string of the molecule is CCOC(=O)c1c(NC(=O)C(=O)N/N=C(\C)c2ccc(OC(=O)c3ccco3)cc2)sc2c1CCCCC2. The van der Waals surface area contributed by atoms with Crippen LogP contribution in [0.15, 0.2) is 52.2 Å². The second-order valence-corrected chi connectivity index (χ2v) is 9.58. The minimum Gasteiger partial charge on any atom is -0.462 e. The first kappa shape index (κ1) is 26.8. The zero-order chi connectivity index (χ0) is 27.1. The summed E-state index contributed by atoms with van der Waals surface area (Å²) in [6, 6.07) is 9.53. The van der Waals surface area contributed by atoms with Crippen LogP contribution in [0.2, 0.25) is 0 Å². The number of amides is 2. The Kier molecular flexibility index (Phi) is 8.70. The number of hydrogen-bond acceptors (Lipinski definition) is 9. The van der Waals surface area contributed by atoms with Crippen LogP contribution in [0.5, 0.6) is 5.75 Å². The van der Waals surface area contributed by atoms with Crippen molar-refractivity contribution < 1.29 is 33.1 Å². The van der Waals surface area contributed by atoms with E-state index in [4.69, 9.17) is 13.9 Å². The highest BCUT2D eigenvalue weighted by Gasteiger charge is 2.28. The predicted molar refractivity (Wildman–Crippen MR) is 141 cm³/mol. The van der Waals surface area contributed by atoms with Crippen LogP contribution < -0.4 is 15.5 Å². The lowest BCUT2D eigenvalue weighted by atomic mass is 10.1. The van der Waals surface area contributed by atoms with E-state index in [-0.39, 0.29) is 12.4 Å². The molecule has 0 saturated carbocycles. The molecule has 2 N–H and O–H groups in total. The third-order valence-electron chi connectivity index (χ3n) is 5.86. The Balaban J connectivity index is 1.39. The van der Waals surface area contributed by atoms with Gasteiger partial charge in [-0.25, -0.2) is 15.0 Å². The fraction of sp³-hybridized carbons (Fsp3) is 0.296. The monoisotopic (exact) mass is 537 g/mol. The summed E-state index contributed by atoms with van der Waals surface area (Å²) >= 11 is 1.31. The fourth-order valence-corrected chi connectivity index (χ4v) is 5.25. The van der Waals surface area contributed by atoms with Gasteiger partial charge in [-0.1, -0.05) is 6.42 Å². The number of carbonyl (C=O) groups excluding carboxylic acids is 4. The Labute approximate surface area is 223 Å². The van der Waals surface area contributed by atoms with Crippen molar-refractivity contribution in [1.82, 2.24) is 5.43 Å². The number of carbonyl (C=O) groups is 4. The number of thiophene rings is 1. The minimum atomic E-state index is -0.980. The summed E-state index contributed by atoms with van der Waals surface area (Å²) in [7, 11) is 0. The summed E-state index contributed by atoms with van der Waals surface area (Å²) in [4.78, 5) is 50.8. The number of nitrogens with zero attached hydrogens (tertiary/aromatic N) is 1. The summed E-state index contributed by atoms with van der Waals surface area (Å²) in [5.41, 5.74) is 4.53. The molecule has 2 amide bonds. The summed E-state index contributed by atoms with van der Waals surface area (Å²) in [5, 5.41) is 6.88. The minimum absolute atomic E-state index is 0.0837. The number of furan rings is 1. The smallest absolute Gasteiger partial charge is 0.379 e. The van der Waals surface area contributed by atoms with Crippen LogP contribution in [-0.4, -0.2) is 36.1 Å². The van der Waals surface area contributed by atoms with Crippen LogP contribution in [-0.2, 0) is 27.2 Å². The van der Waals surface area contributed by atoms with Gasteiger partial charge in [0.05, 0.1) is 24.1 Å². The molecule has 0 atom stereocenters. The molecule has 4 rings (SSSR count). The fourth-order valence-electron chi connectivity index (χ4n) is 3.98. The van der Waals surface area contributed by atoms with E-state index in [0.29, 0.717) is 27.6 Å². The van der Waals surface area contributed by atoms with E-state index < -0.39 is 23.8 Å². The average molecular weight is 538 g/mol. The van der Waals surface area contributed by atoms with Gasteiger partial charge in [0.25, 0.3) is 0 Å². The van der Waals surface area contributed by atoms with Gasteiger partial charge < -0.3 is 19.2 Å². The summed E-state index contributed by atoms with van der Waals surface area (Å²) in [6.45, 7) is 3.58. The first-order valence-corrected chi connectivity index (χ1v) is 13.0. The van der Waals surface area contributed by atoms with Crippen molar-refractivity contribution in [2.45, 2.75) is 46.0 Å². The molecular weight excluding hydrogens is 510 g/mol. The highest BCUT2D eigenvalue weighted by atomic mass is 32.1. The molecule has 2 heterocycles. The lowest BCUT2D eigenvalue weighted by Gasteiger charge is -2.08. The van der Waals surface area contributed by atoms with Crippen molar-refractivity contribution in [3.8, 4) is 5.75 Å². The number of hydrazone groups is 1. The number of hydrogen-bond donors (Lipinski definition) is 2. The lowest BCUT2D eigenvalue weighted by molar-refractivity contribution is -0.136. The van der Waals surface area contributed by atoms with E-state index >= 15 is 0 Å². The average Bonchev–Trinajstić information content (AvgIpc) is 3.51. The Bertz CT molecular complexity index is 1360. The van der Waals surface area contributed by atoms with Gasteiger partial charge in [0.15, 0.2) is 0 Å². The van der Waals surface area contributed by atoms with Crippen molar-refractivity contribution in [3.63, 3.8) is 0 Å². The van der Waals surface area contributed by atoms with Crippen LogP contribution in [0, 0.1) is 0 Å². The first-order valence-electron chi connectivity index (χ1n) is 12.2. The Morgan fingerprint density at radius 3 is 2.47 bits per heavy atom. The molecule has 0 unspecified atom stereocenters. The quantitative estimate of drug-likeness (QED) is 0.113. The molecule has 0 radical (unpaired) electrons. The van der Waals surface area contributed by atoms with Gasteiger partial charge in [0, 0.05) is 4.88 Å². The summed E-state index contributed by atoms with van der Waals surface area (Å²) < 4.78 is 15.5. The topological polar surface area (TPSA) is 136 Å². The van der Waals surface area contributed by atoms with Crippen LogP contribution >= 0.6 is 11.3 Å². The maximum atomic E-state index is 12.7. The van der Waals surface area contributed by atoms with Gasteiger partial charge >= 0.3 is 23.8 Å². The van der Waals surface area contributed by atoms with Gasteiger partial charge in [-0.2, -0.15) is 5.10 Å². The highest BCUT2D eigenvalue weighted by molar-refractivity contribution is 7.17. The molecule has 1 aromatic carbocycles. The van der Waals surface area contributed by atoms with Gasteiger partial charge in [-0.15, -0.1) is 11.3 Å². The normalized spacial score (nSPS) is 13.2. The molecule has 0 fully saturated rings. The molecule has 11 heteroatoms. The molecule has 38 heavy (non-hydrogen) atoms. The maximum Gasteiger partial charge on any atom is 0.379 e. The molecule has 10 nitrogen and oxygen atoms in total. The van der Waals surface area contributed by atoms with Crippen molar-refractivity contribution in [3.05, 3.63) is 70.0 Å². The van der Waals surface area contributed by atoms with E-state index in [2.05, 4.69) is 15.8 Å². The van der Waals surface area contributed by atoms with E-state index in [1.54, 1.807) is 44.2 Å². The molecule has 198 valence electrons. The molecular formula is C27H27N3O7S. The van der Waals surface area contributed by atoms with Gasteiger partial charge in [-0.05, 0) is 87.1 Å². The second kappa shape index (κ2) is 12.3. The van der Waals surface area contributed by atoms with E-state index in [1.807, 2.05) is 0 Å². The Morgan fingerprint density at radius 2 is 1.76 bits per heavy atom. The van der Waals surface area contributed by atoms with Crippen LogP contribution in [0.4, 0.5) is 5.00 Å². The van der Waals surface area contributed by atoms with Crippen LogP contribution in [0.1, 0.15) is 70.0 Å². The number of ether oxygens (including phenoxy) is 2. The van der Waals surface area contributed by atoms with Gasteiger partial charge in [-0.3, -0.25) is 9.59 Å². The Morgan fingerprint density at radius 1 is 1.00 bits per heavy atom. The standard InChI is InChI=1S/C27H27N3O7S/c1-3-35-27(34)22-19-8-5-4-6-10-21(19)38-25(22)28-23(31)24(32)30-29-16(2)17-11-13-18(14-12-17)37-26(33)20-9-7-15-36-20/h7,9,11-15H,3-6,8,10H2,1-2H3,(H,28,31)(H,30,32)/b29-16+. The molecule has 2 aromatic heterocycles. The van der Waals surface area contributed by atoms with Crippen LogP contribution in [0.25, 0.3) is 0 Å². The molecule has 0 bridgehead atoms. The largest absolute Gasteiger partial charge is 0.462 e. The van der Waals surface area contributed by atoms with Gasteiger partial charge in [0.1, 0.15) is 10.8 Å². The second-order valence-electron chi connectivity index (χ2n) is 8.47. The number of rotatable bonds is 7. The molecule has 0 spiro atoms. The number of esters is 2. The van der Waals surface area contributed by atoms with Gasteiger partial charge in [0.2, 0.25) is 5.76 Å². The van der Waals surface area contributed by atoms with Crippen LogP contribution in [0.3, 0.4) is 0 Å². The van der Waals surface area contributed by atoms with Crippen molar-refractivity contribution in [1.29, 1.82) is 0 Å². The first-order chi connectivity index (χ1) is 18.4. The number of aryl methyl sites for hydroxylation is 1. The van der Waals surface area contributed by atoms with E-state index in [9.17, 15) is 19.2 Å². The number of fused-ring (bicyclic) bond motifs is 1. The molecule has 0 aliphatic heterocycles. The van der Waals surface area contributed by atoms with Crippen molar-refractivity contribution >= 4 is 45.8 Å². The zero-order valence-corrected chi connectivity index (χ0v) is 21.8. The Hall–Kier alpha value is -4.25. The molecule has 1 aliphatic carbocycles. The highest BCUT2D eigenvalue weighted by Crippen LogP contribution is 2.38. The van der Waals surface area contributed by atoms with Crippen molar-refractivity contribution in [2.75, 3.05) is 11.9 Å². The molecule has 3 aromatic rings. The van der Waals surface area contributed by atoms with E-state index in [1.165, 1.54) is 23.7 Å². The van der Waals surface area contributed by atoms with E-state index in [0.717, 1.165) is 42.5 Å². The zero-order valence-electron chi connectivity index (χ0n) is 21.0. The molecule has 1 aliphatic rings. The predicted octanol–water partition coefficient (Wildman–Crippen LogP) is 4.48. The number of anilines is 1. The molecule has 0 saturated heterocycles. The third-order valence-corrected chi connectivity index (χ3v) is 7.07. The third kappa shape index (κ3) is 6.35. The number of nitrogens with one attached hydrogen (secondary N) is 2. The lowest BCUT2D eigenvalue weighted by Crippen LogP contribution is -2.33.